The number of hydrogen-bond donors (Lipinski definition) is 3. The molecule has 1 saturated heterocycles. The Morgan fingerprint density at radius 1 is 0.865 bits per heavy atom. The van der Waals surface area contributed by atoms with E-state index in [2.05, 4.69) is 54.7 Å². The maximum atomic E-state index is 13.7. The van der Waals surface area contributed by atoms with Gasteiger partial charge in [-0.3, -0.25) is 15.1 Å². The van der Waals surface area contributed by atoms with Gasteiger partial charge in [0.25, 0.3) is 0 Å². The van der Waals surface area contributed by atoms with Crippen molar-refractivity contribution in [3.63, 3.8) is 0 Å². The fraction of sp³-hybridized carbons (Fsp3) is 0.179. The molecule has 9 heteroatoms. The van der Waals surface area contributed by atoms with Gasteiger partial charge in [-0.2, -0.15) is 9.49 Å². The van der Waals surface area contributed by atoms with E-state index < -0.39 is 0 Å². The molecule has 6 aromatic rings. The van der Waals surface area contributed by atoms with E-state index in [1.54, 1.807) is 24.7 Å². The van der Waals surface area contributed by atoms with Gasteiger partial charge in [-0.15, -0.1) is 11.3 Å². The van der Waals surface area contributed by atoms with Crippen molar-refractivity contribution in [2.75, 3.05) is 13.1 Å². The minimum atomic E-state index is -0.215. The predicted molar refractivity (Wildman–Crippen MR) is 144 cm³/mol. The van der Waals surface area contributed by atoms with Crippen LogP contribution >= 0.6 is 11.3 Å². The Morgan fingerprint density at radius 2 is 1.76 bits per heavy atom. The first-order valence-electron chi connectivity index (χ1n) is 12.2. The molecule has 0 spiro atoms. The summed E-state index contributed by atoms with van der Waals surface area (Å²) in [6.07, 6.45) is 9.41. The summed E-state index contributed by atoms with van der Waals surface area (Å²) in [5.74, 6) is 0.789. The van der Waals surface area contributed by atoms with Crippen LogP contribution in [0.15, 0.2) is 67.3 Å². The average Bonchev–Trinajstić information content (AvgIpc) is 3.66. The Kier molecular flexibility index (Phi) is 5.44. The molecule has 0 radical (unpaired) electrons. The first-order valence-corrected chi connectivity index (χ1v) is 13.1. The van der Waals surface area contributed by atoms with Crippen LogP contribution in [0.1, 0.15) is 12.8 Å². The number of thiophene rings is 1. The third-order valence-electron chi connectivity index (χ3n) is 6.84. The molecule has 6 heterocycles. The third-order valence-corrected chi connectivity index (χ3v) is 7.74. The van der Waals surface area contributed by atoms with Crippen LogP contribution < -0.4 is 10.1 Å². The molecule has 1 aliphatic heterocycles. The van der Waals surface area contributed by atoms with Gasteiger partial charge in [0, 0.05) is 39.2 Å². The van der Waals surface area contributed by atoms with Crippen LogP contribution in [-0.4, -0.2) is 44.3 Å². The average molecular weight is 511 g/mol. The van der Waals surface area contributed by atoms with Crippen molar-refractivity contribution in [3.05, 3.63) is 72.4 Å². The third kappa shape index (κ3) is 4.16. The van der Waals surface area contributed by atoms with Gasteiger partial charge in [0.15, 0.2) is 5.13 Å². The quantitative estimate of drug-likeness (QED) is 0.258. The van der Waals surface area contributed by atoms with Gasteiger partial charge in [0.05, 0.1) is 29.1 Å². The molecule has 0 atom stereocenters. The molecule has 7 rings (SSSR count). The Hall–Kier alpha value is -4.08. The highest BCUT2D eigenvalue weighted by Crippen LogP contribution is 2.37. The van der Waals surface area contributed by atoms with Gasteiger partial charge in [-0.1, -0.05) is 6.07 Å². The summed E-state index contributed by atoms with van der Waals surface area (Å²) in [5.41, 5.74) is 6.41. The van der Waals surface area contributed by atoms with E-state index in [-0.39, 0.29) is 11.2 Å². The van der Waals surface area contributed by atoms with Crippen molar-refractivity contribution in [3.8, 4) is 38.7 Å². The smallest absolute Gasteiger partial charge is 0.176 e. The molecule has 7 nitrogen and oxygen atoms in total. The lowest BCUT2D eigenvalue weighted by molar-refractivity contribution is 0.162. The van der Waals surface area contributed by atoms with Gasteiger partial charge in [0.1, 0.15) is 17.5 Å². The van der Waals surface area contributed by atoms with Crippen LogP contribution in [-0.2, 0) is 0 Å². The summed E-state index contributed by atoms with van der Waals surface area (Å²) in [6, 6.07) is 13.6. The Balaban J connectivity index is 1.26. The number of rotatable bonds is 5. The first-order chi connectivity index (χ1) is 18.2. The molecule has 5 aromatic heterocycles. The molecule has 0 amide bonds. The van der Waals surface area contributed by atoms with E-state index in [1.165, 1.54) is 6.07 Å². The highest BCUT2D eigenvalue weighted by molar-refractivity contribution is 7.14. The number of halogens is 1. The van der Waals surface area contributed by atoms with E-state index in [0.717, 1.165) is 97.8 Å². The van der Waals surface area contributed by atoms with E-state index in [9.17, 15) is 4.39 Å². The van der Waals surface area contributed by atoms with Crippen LogP contribution in [0.3, 0.4) is 0 Å². The number of benzene rings is 1. The molecule has 1 aromatic carbocycles. The standard InChI is InChI=1S/C28H23FN6OS/c29-27-4-3-26(37-27)22-14-32-15-25-20(22)11-24(33-25)28-21-10-16(1-2-23(21)34-35-28)17-9-19(13-31-12-17)36-18-5-7-30-8-6-18/h1-4,9-15,18,30,33H,5-8H2,(H,34,35). The Morgan fingerprint density at radius 3 is 2.62 bits per heavy atom. The van der Waals surface area contributed by atoms with Crippen molar-refractivity contribution in [1.82, 2.24) is 30.5 Å². The minimum absolute atomic E-state index is 0.215. The number of ether oxygens (including phenoxy) is 1. The summed E-state index contributed by atoms with van der Waals surface area (Å²) in [4.78, 5) is 13.1. The van der Waals surface area contributed by atoms with Crippen molar-refractivity contribution >= 4 is 33.1 Å². The fourth-order valence-corrected chi connectivity index (χ4v) is 5.73. The number of nitrogens with one attached hydrogen (secondary N) is 3. The van der Waals surface area contributed by atoms with Crippen molar-refractivity contribution in [2.45, 2.75) is 18.9 Å². The molecule has 0 bridgehead atoms. The van der Waals surface area contributed by atoms with Crippen LogP contribution in [0.2, 0.25) is 0 Å². The normalized spacial score (nSPS) is 14.5. The minimum Gasteiger partial charge on any atom is -0.489 e. The summed E-state index contributed by atoms with van der Waals surface area (Å²) in [6.45, 7) is 1.96. The number of nitrogens with zero attached hydrogens (tertiary/aromatic N) is 3. The molecule has 0 saturated carbocycles. The number of aromatic nitrogens is 5. The molecular weight excluding hydrogens is 487 g/mol. The van der Waals surface area contributed by atoms with E-state index >= 15 is 0 Å². The first kappa shape index (κ1) is 22.1. The van der Waals surface area contributed by atoms with Crippen molar-refractivity contribution in [2.24, 2.45) is 0 Å². The zero-order chi connectivity index (χ0) is 24.8. The van der Waals surface area contributed by atoms with E-state index in [0.29, 0.717) is 0 Å². The molecule has 3 N–H and O–H groups in total. The zero-order valence-electron chi connectivity index (χ0n) is 19.8. The molecule has 1 fully saturated rings. The molecule has 0 aliphatic carbocycles. The summed E-state index contributed by atoms with van der Waals surface area (Å²) in [7, 11) is 0. The van der Waals surface area contributed by atoms with Crippen LogP contribution in [0.4, 0.5) is 4.39 Å². The monoisotopic (exact) mass is 510 g/mol. The van der Waals surface area contributed by atoms with Crippen molar-refractivity contribution in [1.29, 1.82) is 0 Å². The lowest BCUT2D eigenvalue weighted by Gasteiger charge is -2.23. The second-order valence-corrected chi connectivity index (χ2v) is 10.3. The molecule has 184 valence electrons. The fourth-order valence-electron chi connectivity index (χ4n) is 4.98. The molecule has 0 unspecified atom stereocenters. The maximum absolute atomic E-state index is 13.7. The van der Waals surface area contributed by atoms with E-state index in [1.807, 2.05) is 12.3 Å². The largest absolute Gasteiger partial charge is 0.489 e. The summed E-state index contributed by atoms with van der Waals surface area (Å²) in [5, 5.41) is 12.9. The van der Waals surface area contributed by atoms with Gasteiger partial charge >= 0.3 is 0 Å². The maximum Gasteiger partial charge on any atom is 0.176 e. The van der Waals surface area contributed by atoms with Gasteiger partial charge in [-0.25, -0.2) is 0 Å². The summed E-state index contributed by atoms with van der Waals surface area (Å²) >= 11 is 1.11. The highest BCUT2D eigenvalue weighted by atomic mass is 32.1. The van der Waals surface area contributed by atoms with Gasteiger partial charge in [-0.05, 0) is 67.9 Å². The lowest BCUT2D eigenvalue weighted by Crippen LogP contribution is -2.34. The number of H-pyrrole nitrogens is 2. The SMILES string of the molecule is Fc1ccc(-c2cncc3[nH]c(-c4n[nH]c5ccc(-c6cncc(OC7CCNCC7)c6)cc45)cc23)s1. The topological polar surface area (TPSA) is 91.5 Å². The Labute approximate surface area is 215 Å². The predicted octanol–water partition coefficient (Wildman–Crippen LogP) is 6.17. The number of fused-ring (bicyclic) bond motifs is 2. The van der Waals surface area contributed by atoms with Gasteiger partial charge in [0.2, 0.25) is 0 Å². The van der Waals surface area contributed by atoms with Crippen LogP contribution in [0.5, 0.6) is 5.75 Å². The second-order valence-electron chi connectivity index (χ2n) is 9.24. The summed E-state index contributed by atoms with van der Waals surface area (Å²) < 4.78 is 19.9. The number of hydrogen-bond acceptors (Lipinski definition) is 6. The molecular formula is C28H23FN6OS. The molecule has 37 heavy (non-hydrogen) atoms. The van der Waals surface area contributed by atoms with Crippen LogP contribution in [0, 0.1) is 5.13 Å². The second kappa shape index (κ2) is 9.10. The van der Waals surface area contributed by atoms with Crippen LogP contribution in [0.25, 0.3) is 54.8 Å². The van der Waals surface area contributed by atoms with Gasteiger partial charge < -0.3 is 15.0 Å². The van der Waals surface area contributed by atoms with E-state index in [4.69, 9.17) is 4.74 Å². The Bertz CT molecular complexity index is 1730. The van der Waals surface area contributed by atoms with Crippen molar-refractivity contribution < 1.29 is 9.13 Å². The zero-order valence-corrected chi connectivity index (χ0v) is 20.6. The number of aromatic amines is 2. The number of piperidine rings is 1. The highest BCUT2D eigenvalue weighted by Gasteiger charge is 2.17. The lowest BCUT2D eigenvalue weighted by atomic mass is 10.0. The molecule has 1 aliphatic rings. The number of pyridine rings is 2.